The van der Waals surface area contributed by atoms with Crippen molar-refractivity contribution in [1.29, 1.82) is 0 Å². The van der Waals surface area contributed by atoms with Crippen LogP contribution in [0.4, 0.5) is 5.69 Å². The first-order valence-electron chi connectivity index (χ1n) is 10.5. The number of anilines is 1. The van der Waals surface area contributed by atoms with Gasteiger partial charge in [0.2, 0.25) is 16.8 Å². The van der Waals surface area contributed by atoms with Gasteiger partial charge >= 0.3 is 0 Å². The third-order valence-electron chi connectivity index (χ3n) is 5.12. The first-order valence-corrected chi connectivity index (χ1v) is 11.5. The Kier molecular flexibility index (Phi) is 6.84. The second-order valence-electron chi connectivity index (χ2n) is 7.27. The second kappa shape index (κ2) is 9.95. The summed E-state index contributed by atoms with van der Waals surface area (Å²) in [5.41, 5.74) is 2.97. The number of ether oxygens (including phenoxy) is 3. The maximum Gasteiger partial charge on any atom is 0.247 e. The zero-order valence-electron chi connectivity index (χ0n) is 18.3. The zero-order chi connectivity index (χ0) is 22.5. The number of aromatic nitrogens is 3. The van der Waals surface area contributed by atoms with Gasteiger partial charge in [0.25, 0.3) is 0 Å². The molecule has 0 fully saturated rings. The molecule has 1 atom stereocenters. The number of aromatic hydroxyl groups is 1. The van der Waals surface area contributed by atoms with Gasteiger partial charge < -0.3 is 24.6 Å². The van der Waals surface area contributed by atoms with Crippen LogP contribution in [0.3, 0.4) is 0 Å². The summed E-state index contributed by atoms with van der Waals surface area (Å²) in [7, 11) is 2.98. The third kappa shape index (κ3) is 4.52. The quantitative estimate of drug-likeness (QED) is 0.358. The molecule has 0 amide bonds. The van der Waals surface area contributed by atoms with Gasteiger partial charge in [-0.25, -0.2) is 0 Å². The van der Waals surface area contributed by atoms with Crippen LogP contribution in [0.5, 0.6) is 23.1 Å². The topological polar surface area (TPSA) is 98.6 Å². The largest absolute Gasteiger partial charge is 0.502 e. The third-order valence-corrected chi connectivity index (χ3v) is 6.04. The Morgan fingerprint density at radius 1 is 1.09 bits per heavy atom. The van der Waals surface area contributed by atoms with Crippen molar-refractivity contribution in [3.05, 3.63) is 42.0 Å². The number of hydrogen-bond acceptors (Lipinski definition) is 9. The molecule has 0 unspecified atom stereocenters. The fourth-order valence-corrected chi connectivity index (χ4v) is 4.22. The highest BCUT2D eigenvalue weighted by Crippen LogP contribution is 2.43. The van der Waals surface area contributed by atoms with Crippen LogP contribution in [0, 0.1) is 0 Å². The molecule has 168 valence electrons. The highest BCUT2D eigenvalue weighted by atomic mass is 32.2. The molecule has 1 aliphatic heterocycles. The number of rotatable bonds is 8. The Hall–Kier alpha value is -3.20. The van der Waals surface area contributed by atoms with E-state index < -0.39 is 6.23 Å². The number of nitrogens with zero attached hydrogens (tertiary/aromatic N) is 3. The van der Waals surface area contributed by atoms with Gasteiger partial charge in [-0.05, 0) is 24.6 Å². The van der Waals surface area contributed by atoms with E-state index in [0.717, 1.165) is 29.8 Å². The molecule has 0 bridgehead atoms. The lowest BCUT2D eigenvalue weighted by Crippen LogP contribution is -2.17. The molecule has 1 aliphatic rings. The molecule has 3 aromatic rings. The first kappa shape index (κ1) is 22.0. The maximum absolute atomic E-state index is 10.3. The molecule has 0 saturated carbocycles. The number of phenolic OH excluding ortho intramolecular Hbond substituents is 1. The van der Waals surface area contributed by atoms with E-state index >= 15 is 0 Å². The molecule has 9 heteroatoms. The van der Waals surface area contributed by atoms with E-state index in [1.54, 1.807) is 23.9 Å². The normalized spacial score (nSPS) is 14.4. The fraction of sp³-hybridized carbons (Fsp3) is 0.348. The van der Waals surface area contributed by atoms with E-state index in [0.29, 0.717) is 22.3 Å². The minimum absolute atomic E-state index is 0.0667. The van der Waals surface area contributed by atoms with Gasteiger partial charge in [-0.2, -0.15) is 4.98 Å². The van der Waals surface area contributed by atoms with Crippen molar-refractivity contribution in [2.24, 2.45) is 0 Å². The van der Waals surface area contributed by atoms with Crippen LogP contribution >= 0.6 is 11.8 Å². The molecule has 1 aromatic heterocycles. The van der Waals surface area contributed by atoms with Gasteiger partial charge in [-0.15, -0.1) is 10.2 Å². The molecule has 0 saturated heterocycles. The molecule has 0 radical (unpaired) electrons. The van der Waals surface area contributed by atoms with Crippen molar-refractivity contribution < 1.29 is 19.3 Å². The summed E-state index contributed by atoms with van der Waals surface area (Å²) < 4.78 is 16.9. The van der Waals surface area contributed by atoms with Crippen molar-refractivity contribution in [3.8, 4) is 34.4 Å². The average Bonchev–Trinajstić information content (AvgIpc) is 2.98. The molecule has 32 heavy (non-hydrogen) atoms. The van der Waals surface area contributed by atoms with Crippen LogP contribution in [0.1, 0.15) is 38.0 Å². The predicted octanol–water partition coefficient (Wildman–Crippen LogP) is 5.05. The molecule has 2 N–H and O–H groups in total. The van der Waals surface area contributed by atoms with Gasteiger partial charge in [0.05, 0.1) is 14.2 Å². The van der Waals surface area contributed by atoms with Crippen molar-refractivity contribution in [1.82, 2.24) is 15.2 Å². The van der Waals surface area contributed by atoms with E-state index in [-0.39, 0.29) is 17.2 Å². The molecule has 2 aromatic carbocycles. The fourth-order valence-electron chi connectivity index (χ4n) is 3.44. The lowest BCUT2D eigenvalue weighted by atomic mass is 10.1. The number of benzene rings is 2. The van der Waals surface area contributed by atoms with Gasteiger partial charge in [0.15, 0.2) is 23.4 Å². The molecule has 4 rings (SSSR count). The molecular weight excluding hydrogens is 428 g/mol. The Morgan fingerprint density at radius 2 is 1.84 bits per heavy atom. The number of thioether (sulfide) groups is 1. The summed E-state index contributed by atoms with van der Waals surface area (Å²) in [5, 5.41) is 23.0. The molecular formula is C23H26N4O4S. The summed E-state index contributed by atoms with van der Waals surface area (Å²) in [6.45, 7) is 2.18. The second-order valence-corrected chi connectivity index (χ2v) is 8.33. The van der Waals surface area contributed by atoms with Crippen molar-refractivity contribution in [3.63, 3.8) is 0 Å². The van der Waals surface area contributed by atoms with Gasteiger partial charge in [0.1, 0.15) is 0 Å². The Labute approximate surface area is 191 Å². The number of methoxy groups -OCH3 is 2. The monoisotopic (exact) mass is 454 g/mol. The average molecular weight is 455 g/mol. The zero-order valence-corrected chi connectivity index (χ0v) is 19.1. The number of unbranched alkanes of at least 4 members (excludes halogenated alkanes) is 2. The lowest BCUT2D eigenvalue weighted by Gasteiger charge is -2.21. The molecule has 0 spiro atoms. The van der Waals surface area contributed by atoms with Crippen molar-refractivity contribution in [2.45, 2.75) is 37.6 Å². The highest BCUT2D eigenvalue weighted by Gasteiger charge is 2.27. The SMILES string of the molecule is CCCCCSc1nnc2c(n1)O[C@H](c1cc(OC)c(O)c(OC)c1)Nc1ccccc1-2. The minimum atomic E-state index is -0.615. The number of nitrogens with one attached hydrogen (secondary N) is 1. The van der Waals surface area contributed by atoms with Gasteiger partial charge in [0, 0.05) is 22.6 Å². The van der Waals surface area contributed by atoms with Gasteiger partial charge in [-0.3, -0.25) is 0 Å². The van der Waals surface area contributed by atoms with Crippen LogP contribution in [-0.4, -0.2) is 40.3 Å². The molecule has 8 nitrogen and oxygen atoms in total. The van der Waals surface area contributed by atoms with Crippen LogP contribution < -0.4 is 19.5 Å². The Morgan fingerprint density at radius 3 is 2.56 bits per heavy atom. The first-order chi connectivity index (χ1) is 15.6. The number of para-hydroxylation sites is 1. The van der Waals surface area contributed by atoms with Crippen LogP contribution in [0.25, 0.3) is 11.3 Å². The van der Waals surface area contributed by atoms with Crippen molar-refractivity contribution in [2.75, 3.05) is 25.3 Å². The summed E-state index contributed by atoms with van der Waals surface area (Å²) in [5.74, 6) is 1.83. The minimum Gasteiger partial charge on any atom is -0.502 e. The van der Waals surface area contributed by atoms with E-state index in [9.17, 15) is 5.11 Å². The standard InChI is InChI=1S/C23H26N4O4S/c1-4-5-8-11-32-23-25-22-19(26-27-23)15-9-6-7-10-16(15)24-21(31-22)14-12-17(29-2)20(28)18(13-14)30-3/h6-7,9-10,12-13,21,24,28H,4-5,8,11H2,1-3H3/t21-/m1/s1. The summed E-state index contributed by atoms with van der Waals surface area (Å²) >= 11 is 1.57. The number of phenols is 1. The predicted molar refractivity (Wildman–Crippen MR) is 124 cm³/mol. The highest BCUT2D eigenvalue weighted by molar-refractivity contribution is 7.99. The van der Waals surface area contributed by atoms with E-state index in [1.807, 2.05) is 24.3 Å². The molecule has 0 aliphatic carbocycles. The van der Waals surface area contributed by atoms with Crippen molar-refractivity contribution >= 4 is 17.4 Å². The summed E-state index contributed by atoms with van der Waals surface area (Å²) in [6, 6.07) is 11.2. The smallest absolute Gasteiger partial charge is 0.247 e. The van der Waals surface area contributed by atoms with Crippen LogP contribution in [0.2, 0.25) is 0 Å². The van der Waals surface area contributed by atoms with E-state index in [4.69, 9.17) is 14.2 Å². The summed E-state index contributed by atoms with van der Waals surface area (Å²) in [6.07, 6.45) is 2.82. The lowest BCUT2D eigenvalue weighted by molar-refractivity contribution is 0.223. The molecule has 2 heterocycles. The van der Waals surface area contributed by atoms with E-state index in [2.05, 4.69) is 27.4 Å². The summed E-state index contributed by atoms with van der Waals surface area (Å²) in [4.78, 5) is 4.66. The van der Waals surface area contributed by atoms with E-state index in [1.165, 1.54) is 20.6 Å². The van der Waals surface area contributed by atoms with Gasteiger partial charge in [-0.1, -0.05) is 49.7 Å². The van der Waals surface area contributed by atoms with Crippen LogP contribution in [0.15, 0.2) is 41.6 Å². The maximum atomic E-state index is 10.3. The number of hydrogen-bond donors (Lipinski definition) is 2. The Bertz CT molecular complexity index is 1070. The number of fused-ring (bicyclic) bond motifs is 3. The van der Waals surface area contributed by atoms with Crippen LogP contribution in [-0.2, 0) is 0 Å². The Balaban J connectivity index is 1.73.